The first-order valence-corrected chi connectivity index (χ1v) is 5.51. The molecule has 0 saturated carbocycles. The van der Waals surface area contributed by atoms with Gasteiger partial charge in [-0.15, -0.1) is 0 Å². The lowest BCUT2D eigenvalue weighted by atomic mass is 10.1. The summed E-state index contributed by atoms with van der Waals surface area (Å²) in [6.07, 6.45) is 7.81. The van der Waals surface area contributed by atoms with Crippen LogP contribution in [0, 0.1) is 0 Å². The van der Waals surface area contributed by atoms with Gasteiger partial charge in [0, 0.05) is 5.56 Å². The highest BCUT2D eigenvalue weighted by Gasteiger charge is 1.97. The maximum atomic E-state index is 11.1. The summed E-state index contributed by atoms with van der Waals surface area (Å²) in [5.41, 5.74) is 1.89. The molecule has 0 N–H and O–H groups in total. The summed E-state index contributed by atoms with van der Waals surface area (Å²) in [5, 5.41) is 0. The fourth-order valence-corrected chi connectivity index (χ4v) is 1.40. The van der Waals surface area contributed by atoms with Crippen molar-refractivity contribution < 1.29 is 4.79 Å². The molecule has 0 radical (unpaired) electrons. The van der Waals surface area contributed by atoms with Gasteiger partial charge in [0.2, 0.25) is 0 Å². The van der Waals surface area contributed by atoms with Crippen LogP contribution in [0.25, 0.3) is 6.08 Å². The molecule has 0 saturated heterocycles. The SMILES string of the molecule is CCCC/C=C/c1cccc(C(C)=O)c1. The Hall–Kier alpha value is -1.37. The molecule has 1 aromatic rings. The minimum absolute atomic E-state index is 0.124. The number of carbonyl (C=O) groups excluding carboxylic acids is 1. The number of rotatable bonds is 5. The summed E-state index contributed by atoms with van der Waals surface area (Å²) in [6.45, 7) is 3.78. The molecule has 1 rings (SSSR count). The summed E-state index contributed by atoms with van der Waals surface area (Å²) in [5.74, 6) is 0.124. The highest BCUT2D eigenvalue weighted by atomic mass is 16.1. The molecule has 0 bridgehead atoms. The van der Waals surface area contributed by atoms with Gasteiger partial charge in [-0.2, -0.15) is 0 Å². The molecule has 15 heavy (non-hydrogen) atoms. The lowest BCUT2D eigenvalue weighted by molar-refractivity contribution is 0.101. The molecule has 0 aliphatic carbocycles. The Balaban J connectivity index is 2.65. The molecule has 80 valence electrons. The van der Waals surface area contributed by atoms with Crippen LogP contribution in [-0.4, -0.2) is 5.78 Å². The Bertz CT molecular complexity index is 350. The number of carbonyl (C=O) groups is 1. The molecule has 0 fully saturated rings. The molecule has 0 atom stereocenters. The quantitative estimate of drug-likeness (QED) is 0.519. The third kappa shape index (κ3) is 4.11. The molecule has 1 nitrogen and oxygen atoms in total. The topological polar surface area (TPSA) is 17.1 Å². The van der Waals surface area contributed by atoms with Gasteiger partial charge in [0.15, 0.2) is 5.78 Å². The van der Waals surface area contributed by atoms with Crippen LogP contribution in [0.15, 0.2) is 30.3 Å². The van der Waals surface area contributed by atoms with Gasteiger partial charge in [0.25, 0.3) is 0 Å². The van der Waals surface area contributed by atoms with Gasteiger partial charge in [-0.1, -0.05) is 50.1 Å². The Labute approximate surface area is 91.8 Å². The van der Waals surface area contributed by atoms with Crippen LogP contribution in [0.4, 0.5) is 0 Å². The predicted molar refractivity (Wildman–Crippen MR) is 65.0 cm³/mol. The Morgan fingerprint density at radius 1 is 1.40 bits per heavy atom. The first-order chi connectivity index (χ1) is 7.24. The predicted octanol–water partition coefficient (Wildman–Crippen LogP) is 4.09. The summed E-state index contributed by atoms with van der Waals surface area (Å²) in [6, 6.07) is 7.74. The Kier molecular flexibility index (Phi) is 4.82. The van der Waals surface area contributed by atoms with Gasteiger partial charge in [-0.3, -0.25) is 4.79 Å². The van der Waals surface area contributed by atoms with Crippen LogP contribution >= 0.6 is 0 Å². The molecule has 1 heteroatoms. The molecular formula is C14H18O. The second-order valence-electron chi connectivity index (χ2n) is 3.73. The Morgan fingerprint density at radius 2 is 2.20 bits per heavy atom. The van der Waals surface area contributed by atoms with E-state index < -0.39 is 0 Å². The van der Waals surface area contributed by atoms with E-state index in [0.29, 0.717) is 0 Å². The van der Waals surface area contributed by atoms with E-state index in [9.17, 15) is 4.79 Å². The lowest BCUT2D eigenvalue weighted by Gasteiger charge is -1.97. The number of unbranched alkanes of at least 4 members (excludes halogenated alkanes) is 2. The first kappa shape index (κ1) is 11.7. The maximum absolute atomic E-state index is 11.1. The van der Waals surface area contributed by atoms with Gasteiger partial charge in [-0.05, 0) is 25.0 Å². The third-order valence-electron chi connectivity index (χ3n) is 2.33. The van der Waals surface area contributed by atoms with Crippen molar-refractivity contribution in [3.05, 3.63) is 41.5 Å². The molecule has 1 aromatic carbocycles. The van der Waals surface area contributed by atoms with E-state index in [1.165, 1.54) is 12.8 Å². The van der Waals surface area contributed by atoms with Crippen molar-refractivity contribution in [2.45, 2.75) is 33.1 Å². The Morgan fingerprint density at radius 3 is 2.87 bits per heavy atom. The van der Waals surface area contributed by atoms with Gasteiger partial charge >= 0.3 is 0 Å². The van der Waals surface area contributed by atoms with Crippen molar-refractivity contribution >= 4 is 11.9 Å². The first-order valence-electron chi connectivity index (χ1n) is 5.51. The standard InChI is InChI=1S/C14H18O/c1-3-4-5-6-8-13-9-7-10-14(11-13)12(2)15/h6-11H,3-5H2,1-2H3/b8-6+. The van der Waals surface area contributed by atoms with Crippen molar-refractivity contribution in [1.29, 1.82) is 0 Å². The van der Waals surface area contributed by atoms with Crippen molar-refractivity contribution in [2.24, 2.45) is 0 Å². The average molecular weight is 202 g/mol. The van der Waals surface area contributed by atoms with Crippen LogP contribution in [-0.2, 0) is 0 Å². The molecule has 0 spiro atoms. The van der Waals surface area contributed by atoms with Crippen LogP contribution in [0.1, 0.15) is 49.0 Å². The van der Waals surface area contributed by atoms with E-state index in [2.05, 4.69) is 19.1 Å². The summed E-state index contributed by atoms with van der Waals surface area (Å²) < 4.78 is 0. The number of hydrogen-bond donors (Lipinski definition) is 0. The molecule has 0 aromatic heterocycles. The molecule has 0 amide bonds. The van der Waals surface area contributed by atoms with Crippen molar-refractivity contribution in [2.75, 3.05) is 0 Å². The monoisotopic (exact) mass is 202 g/mol. The minimum atomic E-state index is 0.124. The second kappa shape index (κ2) is 6.18. The summed E-state index contributed by atoms with van der Waals surface area (Å²) >= 11 is 0. The molecule has 0 heterocycles. The number of ketones is 1. The maximum Gasteiger partial charge on any atom is 0.159 e. The van der Waals surface area contributed by atoms with Gasteiger partial charge in [0.05, 0.1) is 0 Å². The minimum Gasteiger partial charge on any atom is -0.295 e. The average Bonchev–Trinajstić information content (AvgIpc) is 2.25. The molecular weight excluding hydrogens is 184 g/mol. The molecule has 0 aliphatic heterocycles. The van der Waals surface area contributed by atoms with Crippen molar-refractivity contribution in [1.82, 2.24) is 0 Å². The fourth-order valence-electron chi connectivity index (χ4n) is 1.40. The van der Waals surface area contributed by atoms with Crippen LogP contribution in [0.2, 0.25) is 0 Å². The van der Waals surface area contributed by atoms with Gasteiger partial charge in [-0.25, -0.2) is 0 Å². The van der Waals surface area contributed by atoms with Crippen LogP contribution < -0.4 is 0 Å². The number of Topliss-reactive ketones (excluding diaryl/α,β-unsaturated/α-hetero) is 1. The van der Waals surface area contributed by atoms with Gasteiger partial charge < -0.3 is 0 Å². The van der Waals surface area contributed by atoms with Crippen LogP contribution in [0.3, 0.4) is 0 Å². The van der Waals surface area contributed by atoms with Crippen molar-refractivity contribution in [3.8, 4) is 0 Å². The van der Waals surface area contributed by atoms with Gasteiger partial charge in [0.1, 0.15) is 0 Å². The number of hydrogen-bond acceptors (Lipinski definition) is 1. The third-order valence-corrected chi connectivity index (χ3v) is 2.33. The molecule has 0 unspecified atom stereocenters. The summed E-state index contributed by atoms with van der Waals surface area (Å²) in [4.78, 5) is 11.1. The lowest BCUT2D eigenvalue weighted by Crippen LogP contribution is -1.91. The highest BCUT2D eigenvalue weighted by Crippen LogP contribution is 2.08. The zero-order valence-electron chi connectivity index (χ0n) is 9.49. The second-order valence-corrected chi connectivity index (χ2v) is 3.73. The highest BCUT2D eigenvalue weighted by molar-refractivity contribution is 5.94. The van der Waals surface area contributed by atoms with E-state index in [1.807, 2.05) is 24.3 Å². The van der Waals surface area contributed by atoms with Crippen molar-refractivity contribution in [3.63, 3.8) is 0 Å². The number of allylic oxidation sites excluding steroid dienone is 1. The van der Waals surface area contributed by atoms with E-state index in [4.69, 9.17) is 0 Å². The largest absolute Gasteiger partial charge is 0.295 e. The smallest absolute Gasteiger partial charge is 0.159 e. The normalized spacial score (nSPS) is 10.8. The van der Waals surface area contributed by atoms with E-state index >= 15 is 0 Å². The zero-order chi connectivity index (χ0) is 11.1. The summed E-state index contributed by atoms with van der Waals surface area (Å²) in [7, 11) is 0. The van der Waals surface area contributed by atoms with Crippen LogP contribution in [0.5, 0.6) is 0 Å². The van der Waals surface area contributed by atoms with E-state index in [-0.39, 0.29) is 5.78 Å². The zero-order valence-corrected chi connectivity index (χ0v) is 9.49. The molecule has 0 aliphatic rings. The van der Waals surface area contributed by atoms with E-state index in [0.717, 1.165) is 17.5 Å². The fraction of sp³-hybridized carbons (Fsp3) is 0.357. The van der Waals surface area contributed by atoms with E-state index in [1.54, 1.807) is 6.92 Å². The number of benzene rings is 1.